The fourth-order valence-corrected chi connectivity index (χ4v) is 2.44. The molecule has 0 bridgehead atoms. The first kappa shape index (κ1) is 13.6. The predicted octanol–water partition coefficient (Wildman–Crippen LogP) is 1.58. The maximum absolute atomic E-state index is 11.7. The summed E-state index contributed by atoms with van der Waals surface area (Å²) in [6.45, 7) is 0.837. The van der Waals surface area contributed by atoms with Crippen LogP contribution in [0.25, 0.3) is 0 Å². The number of hydrogen-bond acceptors (Lipinski definition) is 3. The van der Waals surface area contributed by atoms with Crippen molar-refractivity contribution in [3.63, 3.8) is 0 Å². The number of nitriles is 1. The second-order valence-electron chi connectivity index (χ2n) is 4.92. The van der Waals surface area contributed by atoms with Crippen LogP contribution in [0, 0.1) is 17.2 Å². The first-order valence-electron chi connectivity index (χ1n) is 6.73. The van der Waals surface area contributed by atoms with Gasteiger partial charge in [-0.05, 0) is 18.4 Å². The summed E-state index contributed by atoms with van der Waals surface area (Å²) >= 11 is 0. The number of nitrogens with zero attached hydrogens (tertiary/aromatic N) is 1. The van der Waals surface area contributed by atoms with E-state index in [1.54, 1.807) is 0 Å². The van der Waals surface area contributed by atoms with Crippen LogP contribution in [0.5, 0.6) is 0 Å². The largest absolute Gasteiger partial charge is 0.351 e. The van der Waals surface area contributed by atoms with E-state index in [1.165, 1.54) is 0 Å². The third kappa shape index (κ3) is 4.08. The Morgan fingerprint density at radius 3 is 2.84 bits per heavy atom. The molecule has 2 atom stereocenters. The van der Waals surface area contributed by atoms with Crippen LogP contribution in [-0.2, 0) is 11.3 Å². The van der Waals surface area contributed by atoms with Gasteiger partial charge in [0.25, 0.3) is 0 Å². The number of benzene rings is 1. The third-order valence-corrected chi connectivity index (χ3v) is 3.54. The second kappa shape index (κ2) is 6.91. The highest BCUT2D eigenvalue weighted by atomic mass is 16.1. The van der Waals surface area contributed by atoms with Crippen LogP contribution in [-0.4, -0.2) is 18.5 Å². The zero-order valence-corrected chi connectivity index (χ0v) is 10.9. The zero-order valence-electron chi connectivity index (χ0n) is 10.9. The molecular weight excluding hydrogens is 238 g/mol. The molecule has 1 aliphatic carbocycles. The number of hydrogen-bond donors (Lipinski definition) is 2. The van der Waals surface area contributed by atoms with E-state index in [0.717, 1.165) is 24.8 Å². The average Bonchev–Trinajstić information content (AvgIpc) is 2.91. The molecule has 1 aromatic carbocycles. The predicted molar refractivity (Wildman–Crippen MR) is 73.0 cm³/mol. The molecule has 1 fully saturated rings. The second-order valence-corrected chi connectivity index (χ2v) is 4.92. The van der Waals surface area contributed by atoms with Crippen molar-refractivity contribution in [2.75, 3.05) is 6.54 Å². The third-order valence-electron chi connectivity index (χ3n) is 3.54. The lowest BCUT2D eigenvalue weighted by Crippen LogP contribution is -2.40. The molecule has 1 aliphatic rings. The SMILES string of the molecule is N#CC1CCCC1NCC(=O)NCc1ccccc1. The Bertz CT molecular complexity index is 452. The number of rotatable bonds is 5. The highest BCUT2D eigenvalue weighted by molar-refractivity contribution is 5.78. The van der Waals surface area contributed by atoms with Gasteiger partial charge in [0.2, 0.25) is 5.91 Å². The summed E-state index contributed by atoms with van der Waals surface area (Å²) in [5.41, 5.74) is 1.09. The van der Waals surface area contributed by atoms with Crippen molar-refractivity contribution < 1.29 is 4.79 Å². The van der Waals surface area contributed by atoms with Gasteiger partial charge in [0, 0.05) is 12.6 Å². The van der Waals surface area contributed by atoms with Crippen LogP contribution in [0.15, 0.2) is 30.3 Å². The molecule has 4 nitrogen and oxygen atoms in total. The lowest BCUT2D eigenvalue weighted by atomic mass is 10.1. The highest BCUT2D eigenvalue weighted by Gasteiger charge is 2.26. The Kier molecular flexibility index (Phi) is 4.93. The van der Waals surface area contributed by atoms with E-state index in [2.05, 4.69) is 16.7 Å². The molecule has 0 heterocycles. The van der Waals surface area contributed by atoms with Gasteiger partial charge in [-0.1, -0.05) is 36.8 Å². The maximum atomic E-state index is 11.7. The molecule has 1 aromatic rings. The lowest BCUT2D eigenvalue weighted by molar-refractivity contribution is -0.120. The molecule has 19 heavy (non-hydrogen) atoms. The zero-order chi connectivity index (χ0) is 13.5. The number of amides is 1. The van der Waals surface area contributed by atoms with Crippen molar-refractivity contribution in [3.05, 3.63) is 35.9 Å². The van der Waals surface area contributed by atoms with Crippen molar-refractivity contribution in [1.29, 1.82) is 5.26 Å². The standard InChI is InChI=1S/C15H19N3O/c16-9-13-7-4-8-14(13)17-11-15(19)18-10-12-5-2-1-3-6-12/h1-3,5-6,13-14,17H,4,7-8,10-11H2,(H,18,19). The molecule has 2 rings (SSSR count). The molecule has 1 amide bonds. The van der Waals surface area contributed by atoms with Gasteiger partial charge >= 0.3 is 0 Å². The summed E-state index contributed by atoms with van der Waals surface area (Å²) in [7, 11) is 0. The van der Waals surface area contributed by atoms with Crippen LogP contribution in [0.2, 0.25) is 0 Å². The summed E-state index contributed by atoms with van der Waals surface area (Å²) in [4.78, 5) is 11.7. The van der Waals surface area contributed by atoms with Gasteiger partial charge in [-0.3, -0.25) is 4.79 Å². The first-order valence-corrected chi connectivity index (χ1v) is 6.73. The molecule has 0 aromatic heterocycles. The minimum atomic E-state index is -0.0209. The monoisotopic (exact) mass is 257 g/mol. The topological polar surface area (TPSA) is 64.9 Å². The molecule has 0 spiro atoms. The molecule has 2 N–H and O–H groups in total. The van der Waals surface area contributed by atoms with Gasteiger partial charge in [0.1, 0.15) is 0 Å². The minimum Gasteiger partial charge on any atom is -0.351 e. The molecule has 1 saturated carbocycles. The van der Waals surface area contributed by atoms with Crippen molar-refractivity contribution >= 4 is 5.91 Å². The van der Waals surface area contributed by atoms with Crippen molar-refractivity contribution in [2.24, 2.45) is 5.92 Å². The molecule has 0 aliphatic heterocycles. The Morgan fingerprint density at radius 2 is 2.11 bits per heavy atom. The molecule has 0 saturated heterocycles. The van der Waals surface area contributed by atoms with E-state index in [-0.39, 0.29) is 24.4 Å². The summed E-state index contributed by atoms with van der Waals surface area (Å²) in [6.07, 6.45) is 3.01. The highest BCUT2D eigenvalue weighted by Crippen LogP contribution is 2.24. The van der Waals surface area contributed by atoms with Gasteiger partial charge in [-0.2, -0.15) is 5.26 Å². The van der Waals surface area contributed by atoms with E-state index >= 15 is 0 Å². The van der Waals surface area contributed by atoms with Crippen LogP contribution >= 0.6 is 0 Å². The van der Waals surface area contributed by atoms with E-state index in [0.29, 0.717) is 6.54 Å². The quantitative estimate of drug-likeness (QED) is 0.841. The Labute approximate surface area is 113 Å². The normalized spacial score (nSPS) is 21.8. The number of carbonyl (C=O) groups is 1. The van der Waals surface area contributed by atoms with Crippen molar-refractivity contribution in [1.82, 2.24) is 10.6 Å². The summed E-state index contributed by atoms with van der Waals surface area (Å²) in [5.74, 6) is 0.0365. The average molecular weight is 257 g/mol. The molecule has 4 heteroatoms. The Morgan fingerprint density at radius 1 is 1.32 bits per heavy atom. The molecular formula is C15H19N3O. The van der Waals surface area contributed by atoms with Crippen LogP contribution in [0.4, 0.5) is 0 Å². The van der Waals surface area contributed by atoms with Crippen molar-refractivity contribution in [2.45, 2.75) is 31.8 Å². The smallest absolute Gasteiger partial charge is 0.234 e. The fourth-order valence-electron chi connectivity index (χ4n) is 2.44. The fraction of sp³-hybridized carbons (Fsp3) is 0.467. The van der Waals surface area contributed by atoms with Gasteiger partial charge < -0.3 is 10.6 Å². The minimum absolute atomic E-state index is 0.0209. The number of nitrogens with one attached hydrogen (secondary N) is 2. The summed E-state index contributed by atoms with van der Waals surface area (Å²) < 4.78 is 0. The Balaban J connectivity index is 1.69. The maximum Gasteiger partial charge on any atom is 0.234 e. The van der Waals surface area contributed by atoms with Gasteiger partial charge in [-0.25, -0.2) is 0 Å². The van der Waals surface area contributed by atoms with E-state index < -0.39 is 0 Å². The van der Waals surface area contributed by atoms with Crippen LogP contribution in [0.1, 0.15) is 24.8 Å². The Hall–Kier alpha value is -1.86. The molecule has 0 radical (unpaired) electrons. The lowest BCUT2D eigenvalue weighted by Gasteiger charge is -2.15. The van der Waals surface area contributed by atoms with E-state index in [1.807, 2.05) is 30.3 Å². The van der Waals surface area contributed by atoms with Gasteiger partial charge in [0.15, 0.2) is 0 Å². The van der Waals surface area contributed by atoms with Crippen molar-refractivity contribution in [3.8, 4) is 6.07 Å². The van der Waals surface area contributed by atoms with Crippen LogP contribution in [0.3, 0.4) is 0 Å². The van der Waals surface area contributed by atoms with Crippen LogP contribution < -0.4 is 10.6 Å². The van der Waals surface area contributed by atoms with Gasteiger partial charge in [0.05, 0.1) is 18.5 Å². The summed E-state index contributed by atoms with van der Waals surface area (Å²) in [6, 6.07) is 12.3. The summed E-state index contributed by atoms with van der Waals surface area (Å²) in [5, 5.41) is 15.0. The van der Waals surface area contributed by atoms with Gasteiger partial charge in [-0.15, -0.1) is 0 Å². The molecule has 100 valence electrons. The van der Waals surface area contributed by atoms with E-state index in [4.69, 9.17) is 5.26 Å². The number of carbonyl (C=O) groups excluding carboxylic acids is 1. The molecule has 2 unspecified atom stereocenters. The first-order chi connectivity index (χ1) is 9.29. The van der Waals surface area contributed by atoms with E-state index in [9.17, 15) is 4.79 Å².